The molecule has 0 heterocycles. The Hall–Kier alpha value is -0.820. The second-order valence-corrected chi connectivity index (χ2v) is 5.38. The van der Waals surface area contributed by atoms with Crippen molar-refractivity contribution in [3.05, 3.63) is 0 Å². The lowest BCUT2D eigenvalue weighted by Crippen LogP contribution is -2.35. The van der Waals surface area contributed by atoms with Gasteiger partial charge in [-0.15, -0.1) is 0 Å². The van der Waals surface area contributed by atoms with Crippen LogP contribution in [0.4, 0.5) is 0 Å². The van der Waals surface area contributed by atoms with Gasteiger partial charge in [0.25, 0.3) is 0 Å². The predicted octanol–water partition coefficient (Wildman–Crippen LogP) is -0.453. The molecule has 0 amide bonds. The normalized spacial score (nSPS) is 18.9. The maximum absolute atomic E-state index is 11.3. The van der Waals surface area contributed by atoms with Crippen molar-refractivity contribution in [2.75, 3.05) is 12.8 Å². The minimum atomic E-state index is -3.16. The highest BCUT2D eigenvalue weighted by Crippen LogP contribution is 2.28. The van der Waals surface area contributed by atoms with Crippen LogP contribution in [0.25, 0.3) is 0 Å². The Morgan fingerprint density at radius 3 is 2.57 bits per heavy atom. The van der Waals surface area contributed by atoms with Crippen molar-refractivity contribution in [1.29, 1.82) is 0 Å². The quantitative estimate of drug-likeness (QED) is 0.284. The molecule has 1 saturated carbocycles. The zero-order valence-corrected chi connectivity index (χ0v) is 8.87. The van der Waals surface area contributed by atoms with Crippen LogP contribution in [0.1, 0.15) is 19.3 Å². The summed E-state index contributed by atoms with van der Waals surface area (Å²) in [6.45, 7) is 0.291. The third-order valence-electron chi connectivity index (χ3n) is 2.10. The van der Waals surface area contributed by atoms with Gasteiger partial charge in [-0.2, -0.15) is 4.31 Å². The molecule has 7 heteroatoms. The molecule has 0 aliphatic heterocycles. The Labute approximate surface area is 83.4 Å². The Morgan fingerprint density at radius 2 is 2.21 bits per heavy atom. The standard InChI is InChI=1S/C7H15N3O3S/c1-14(12,13)10(6-2-3-6)5-4-7(8)9-11/h6,11H,2-5H2,1H3,(H2,8,9). The molecule has 14 heavy (non-hydrogen) atoms. The first kappa shape index (κ1) is 11.3. The lowest BCUT2D eigenvalue weighted by molar-refractivity contribution is 0.315. The maximum Gasteiger partial charge on any atom is 0.211 e. The molecule has 0 aromatic carbocycles. The highest BCUT2D eigenvalue weighted by molar-refractivity contribution is 7.88. The van der Waals surface area contributed by atoms with Gasteiger partial charge in [-0.25, -0.2) is 8.42 Å². The van der Waals surface area contributed by atoms with Crippen molar-refractivity contribution in [2.45, 2.75) is 25.3 Å². The van der Waals surface area contributed by atoms with E-state index in [4.69, 9.17) is 10.9 Å². The van der Waals surface area contributed by atoms with Crippen LogP contribution in [-0.2, 0) is 10.0 Å². The van der Waals surface area contributed by atoms with Gasteiger partial charge in [-0.1, -0.05) is 5.16 Å². The minimum Gasteiger partial charge on any atom is -0.409 e. The van der Waals surface area contributed by atoms with E-state index in [0.717, 1.165) is 12.8 Å². The lowest BCUT2D eigenvalue weighted by Gasteiger charge is -2.18. The van der Waals surface area contributed by atoms with Crippen molar-refractivity contribution in [1.82, 2.24) is 4.31 Å². The smallest absolute Gasteiger partial charge is 0.211 e. The third-order valence-corrected chi connectivity index (χ3v) is 3.43. The van der Waals surface area contributed by atoms with Crippen LogP contribution in [0.3, 0.4) is 0 Å². The molecule has 0 unspecified atom stereocenters. The van der Waals surface area contributed by atoms with Crippen LogP contribution in [0.5, 0.6) is 0 Å². The summed E-state index contributed by atoms with van der Waals surface area (Å²) in [5, 5.41) is 11.1. The molecule has 0 atom stereocenters. The van der Waals surface area contributed by atoms with Crippen molar-refractivity contribution >= 4 is 15.9 Å². The van der Waals surface area contributed by atoms with Crippen molar-refractivity contribution in [3.63, 3.8) is 0 Å². The van der Waals surface area contributed by atoms with E-state index in [1.54, 1.807) is 0 Å². The van der Waals surface area contributed by atoms with Gasteiger partial charge >= 0.3 is 0 Å². The Kier molecular flexibility index (Phi) is 3.33. The summed E-state index contributed by atoms with van der Waals surface area (Å²) in [6, 6.07) is 0.122. The van der Waals surface area contributed by atoms with Gasteiger partial charge in [0, 0.05) is 19.0 Å². The second kappa shape index (κ2) is 4.14. The van der Waals surface area contributed by atoms with Gasteiger partial charge in [-0.3, -0.25) is 0 Å². The fourth-order valence-electron chi connectivity index (χ4n) is 1.26. The van der Waals surface area contributed by atoms with Gasteiger partial charge in [0.15, 0.2) is 0 Å². The lowest BCUT2D eigenvalue weighted by atomic mass is 10.4. The molecule has 1 rings (SSSR count). The number of rotatable bonds is 5. The van der Waals surface area contributed by atoms with Crippen LogP contribution in [0.15, 0.2) is 5.16 Å². The van der Waals surface area contributed by atoms with Crippen molar-refractivity contribution < 1.29 is 13.6 Å². The molecule has 3 N–H and O–H groups in total. The number of hydrogen-bond donors (Lipinski definition) is 2. The van der Waals surface area contributed by atoms with Crippen molar-refractivity contribution in [2.24, 2.45) is 10.9 Å². The van der Waals surface area contributed by atoms with E-state index in [1.807, 2.05) is 0 Å². The molecular formula is C7H15N3O3S. The monoisotopic (exact) mass is 221 g/mol. The van der Waals surface area contributed by atoms with E-state index in [0.29, 0.717) is 6.54 Å². The number of nitrogens with two attached hydrogens (primary N) is 1. The molecule has 1 aliphatic carbocycles. The van der Waals surface area contributed by atoms with E-state index in [9.17, 15) is 8.42 Å². The molecular weight excluding hydrogens is 206 g/mol. The zero-order valence-electron chi connectivity index (χ0n) is 8.05. The van der Waals surface area contributed by atoms with E-state index < -0.39 is 10.0 Å². The Morgan fingerprint density at radius 1 is 1.64 bits per heavy atom. The van der Waals surface area contributed by atoms with Crippen LogP contribution >= 0.6 is 0 Å². The van der Waals surface area contributed by atoms with E-state index >= 15 is 0 Å². The average molecular weight is 221 g/mol. The minimum absolute atomic E-state index is 0.0549. The molecule has 82 valence electrons. The molecule has 0 radical (unpaired) electrons. The zero-order chi connectivity index (χ0) is 10.8. The highest BCUT2D eigenvalue weighted by Gasteiger charge is 2.34. The summed E-state index contributed by atoms with van der Waals surface area (Å²) < 4.78 is 24.0. The number of hydrogen-bond acceptors (Lipinski definition) is 4. The summed E-state index contributed by atoms with van der Waals surface area (Å²) in [7, 11) is -3.16. The molecule has 0 spiro atoms. The molecule has 0 bridgehead atoms. The van der Waals surface area contributed by atoms with E-state index in [1.165, 1.54) is 10.6 Å². The van der Waals surface area contributed by atoms with Crippen LogP contribution in [0.2, 0.25) is 0 Å². The first-order chi connectivity index (χ1) is 6.45. The summed E-state index contributed by atoms with van der Waals surface area (Å²) in [5.41, 5.74) is 5.26. The SMILES string of the molecule is CS(=O)(=O)N(CCC(N)=NO)C1CC1. The molecule has 0 saturated heterocycles. The largest absolute Gasteiger partial charge is 0.409 e. The first-order valence-electron chi connectivity index (χ1n) is 4.38. The topological polar surface area (TPSA) is 96.0 Å². The van der Waals surface area contributed by atoms with E-state index in [-0.39, 0.29) is 18.3 Å². The fourth-order valence-corrected chi connectivity index (χ4v) is 2.43. The van der Waals surface area contributed by atoms with E-state index in [2.05, 4.69) is 5.16 Å². The number of amidine groups is 1. The van der Waals surface area contributed by atoms with Gasteiger partial charge in [0.05, 0.1) is 6.26 Å². The molecule has 0 aromatic rings. The molecule has 6 nitrogen and oxygen atoms in total. The summed E-state index contributed by atoms with van der Waals surface area (Å²) in [4.78, 5) is 0. The summed E-state index contributed by atoms with van der Waals surface area (Å²) in [5.74, 6) is 0.0549. The Bertz CT molecular complexity index is 321. The first-order valence-corrected chi connectivity index (χ1v) is 6.23. The van der Waals surface area contributed by atoms with Gasteiger partial charge in [0.2, 0.25) is 10.0 Å². The predicted molar refractivity (Wildman–Crippen MR) is 52.6 cm³/mol. The Balaban J connectivity index is 2.53. The molecule has 0 aromatic heterocycles. The summed E-state index contributed by atoms with van der Waals surface area (Å²) >= 11 is 0. The van der Waals surface area contributed by atoms with Crippen LogP contribution in [0, 0.1) is 0 Å². The van der Waals surface area contributed by atoms with Crippen molar-refractivity contribution in [3.8, 4) is 0 Å². The second-order valence-electron chi connectivity index (χ2n) is 3.45. The van der Waals surface area contributed by atoms with Gasteiger partial charge in [0.1, 0.15) is 5.84 Å². The molecule has 1 fully saturated rings. The van der Waals surface area contributed by atoms with Crippen LogP contribution in [-0.4, -0.2) is 42.6 Å². The number of sulfonamides is 1. The average Bonchev–Trinajstić information content (AvgIpc) is 2.85. The molecule has 1 aliphatic rings. The fraction of sp³-hybridized carbons (Fsp3) is 0.857. The number of nitrogens with zero attached hydrogens (tertiary/aromatic N) is 2. The highest BCUT2D eigenvalue weighted by atomic mass is 32.2. The van der Waals surface area contributed by atoms with Crippen LogP contribution < -0.4 is 5.73 Å². The summed E-state index contributed by atoms with van der Waals surface area (Å²) in [6.07, 6.45) is 3.25. The number of oxime groups is 1. The third kappa shape index (κ3) is 3.15. The van der Waals surface area contributed by atoms with Gasteiger partial charge < -0.3 is 10.9 Å². The van der Waals surface area contributed by atoms with Gasteiger partial charge in [-0.05, 0) is 12.8 Å². The maximum atomic E-state index is 11.3.